The third kappa shape index (κ3) is 3.45. The third-order valence-corrected chi connectivity index (χ3v) is 5.09. The Morgan fingerprint density at radius 1 is 0.931 bits per heavy atom. The van der Waals surface area contributed by atoms with Gasteiger partial charge >= 0.3 is 6.03 Å². The molecule has 3 aromatic rings. The van der Waals surface area contributed by atoms with Crippen LogP contribution in [-0.4, -0.2) is 42.4 Å². The van der Waals surface area contributed by atoms with Crippen molar-refractivity contribution in [3.8, 4) is 0 Å². The third-order valence-electron chi connectivity index (χ3n) is 5.09. The van der Waals surface area contributed by atoms with Gasteiger partial charge in [-0.15, -0.1) is 0 Å². The van der Waals surface area contributed by atoms with Gasteiger partial charge in [0, 0.05) is 17.6 Å². The maximum absolute atomic E-state index is 13.1. The summed E-state index contributed by atoms with van der Waals surface area (Å²) in [6.07, 6.45) is 0. The summed E-state index contributed by atoms with van der Waals surface area (Å²) < 4.78 is 0. The summed E-state index contributed by atoms with van der Waals surface area (Å²) in [6.45, 7) is 1.98. The number of imide groups is 1. The van der Waals surface area contributed by atoms with Gasteiger partial charge in [0.1, 0.15) is 13.1 Å². The van der Waals surface area contributed by atoms with E-state index in [1.54, 1.807) is 29.2 Å². The summed E-state index contributed by atoms with van der Waals surface area (Å²) in [5.41, 5.74) is 1.41. The van der Waals surface area contributed by atoms with Crippen LogP contribution in [0.2, 0.25) is 0 Å². The minimum Gasteiger partial charge on any atom is -0.311 e. The molecule has 0 aromatic heterocycles. The summed E-state index contributed by atoms with van der Waals surface area (Å²) in [6, 6.07) is 22.1. The summed E-state index contributed by atoms with van der Waals surface area (Å²) in [5.74, 6) is -0.665. The molecular weight excluding hydrogens is 366 g/mol. The van der Waals surface area contributed by atoms with E-state index in [2.05, 4.69) is 0 Å². The number of para-hydroxylation sites is 1. The first-order chi connectivity index (χ1) is 14.1. The highest BCUT2D eigenvalue weighted by atomic mass is 16.2. The molecule has 4 amide bonds. The topological polar surface area (TPSA) is 60.9 Å². The molecule has 0 unspecified atom stereocenters. The molecule has 0 aliphatic carbocycles. The first kappa shape index (κ1) is 18.7. The standard InChI is InChI=1S/C23H21N3O3/c1-2-24(20-14-8-10-17-9-6-7-13-19(17)20)21(27)16-26-22(28)15-25(23(26)29)18-11-4-3-5-12-18/h3-14H,2,15-16H2,1H3. The normalized spacial score (nSPS) is 14.0. The van der Waals surface area contributed by atoms with Crippen molar-refractivity contribution in [2.24, 2.45) is 0 Å². The summed E-state index contributed by atoms with van der Waals surface area (Å²) in [4.78, 5) is 42.3. The molecule has 1 aliphatic rings. The van der Waals surface area contributed by atoms with Crippen molar-refractivity contribution in [2.75, 3.05) is 29.4 Å². The summed E-state index contributed by atoms with van der Waals surface area (Å²) in [7, 11) is 0. The van der Waals surface area contributed by atoms with E-state index in [1.807, 2.05) is 55.5 Å². The molecule has 0 N–H and O–H groups in total. The van der Waals surface area contributed by atoms with Crippen molar-refractivity contribution < 1.29 is 14.4 Å². The maximum Gasteiger partial charge on any atom is 0.332 e. The van der Waals surface area contributed by atoms with Crippen molar-refractivity contribution in [1.82, 2.24) is 4.90 Å². The Balaban J connectivity index is 1.58. The van der Waals surface area contributed by atoms with Crippen LogP contribution < -0.4 is 9.80 Å². The lowest BCUT2D eigenvalue weighted by Crippen LogP contribution is -2.43. The lowest BCUT2D eigenvalue weighted by atomic mass is 10.1. The van der Waals surface area contributed by atoms with E-state index in [0.717, 1.165) is 21.4 Å². The fourth-order valence-corrected chi connectivity index (χ4v) is 3.65. The largest absolute Gasteiger partial charge is 0.332 e. The number of rotatable bonds is 5. The molecular formula is C23H21N3O3. The molecule has 1 fully saturated rings. The lowest BCUT2D eigenvalue weighted by molar-refractivity contribution is -0.129. The second-order valence-corrected chi connectivity index (χ2v) is 6.82. The number of fused-ring (bicyclic) bond motifs is 1. The van der Waals surface area contributed by atoms with Crippen LogP contribution in [-0.2, 0) is 9.59 Å². The van der Waals surface area contributed by atoms with E-state index >= 15 is 0 Å². The number of nitrogens with zero attached hydrogens (tertiary/aromatic N) is 3. The van der Waals surface area contributed by atoms with Gasteiger partial charge in [-0.25, -0.2) is 4.79 Å². The second-order valence-electron chi connectivity index (χ2n) is 6.82. The van der Waals surface area contributed by atoms with E-state index < -0.39 is 6.03 Å². The number of anilines is 2. The van der Waals surface area contributed by atoms with Crippen molar-refractivity contribution >= 4 is 40.0 Å². The van der Waals surface area contributed by atoms with Gasteiger partial charge in [-0.05, 0) is 30.5 Å². The Labute approximate surface area is 168 Å². The lowest BCUT2D eigenvalue weighted by Gasteiger charge is -2.25. The van der Waals surface area contributed by atoms with Crippen molar-refractivity contribution in [3.05, 3.63) is 72.8 Å². The molecule has 1 aliphatic heterocycles. The highest BCUT2D eigenvalue weighted by Gasteiger charge is 2.38. The minimum absolute atomic E-state index is 0.0590. The van der Waals surface area contributed by atoms with Gasteiger partial charge in [-0.1, -0.05) is 54.6 Å². The molecule has 1 heterocycles. The highest BCUT2D eigenvalue weighted by molar-refractivity contribution is 6.15. The Kier molecular flexibility index (Phi) is 4.99. The highest BCUT2D eigenvalue weighted by Crippen LogP contribution is 2.27. The van der Waals surface area contributed by atoms with Gasteiger partial charge in [0.15, 0.2) is 0 Å². The number of carbonyl (C=O) groups is 3. The van der Waals surface area contributed by atoms with E-state index in [0.29, 0.717) is 12.2 Å². The zero-order valence-electron chi connectivity index (χ0n) is 16.1. The van der Waals surface area contributed by atoms with Crippen molar-refractivity contribution in [1.29, 1.82) is 0 Å². The number of amides is 4. The van der Waals surface area contributed by atoms with Crippen LogP contribution in [0.4, 0.5) is 16.2 Å². The Morgan fingerprint density at radius 3 is 2.38 bits per heavy atom. The van der Waals surface area contributed by atoms with E-state index in [4.69, 9.17) is 0 Å². The molecule has 0 bridgehead atoms. The number of hydrogen-bond acceptors (Lipinski definition) is 3. The first-order valence-electron chi connectivity index (χ1n) is 9.55. The van der Waals surface area contributed by atoms with Crippen LogP contribution in [0.1, 0.15) is 6.92 Å². The predicted molar refractivity (Wildman–Crippen MR) is 113 cm³/mol. The SMILES string of the molecule is CCN(C(=O)CN1C(=O)CN(c2ccccc2)C1=O)c1cccc2ccccc12. The Morgan fingerprint density at radius 2 is 1.62 bits per heavy atom. The van der Waals surface area contributed by atoms with E-state index in [1.165, 1.54) is 4.90 Å². The zero-order chi connectivity index (χ0) is 20.4. The maximum atomic E-state index is 13.1. The quantitative estimate of drug-likeness (QED) is 0.628. The number of likely N-dealkylation sites (N-methyl/N-ethyl adjacent to an activating group) is 1. The molecule has 29 heavy (non-hydrogen) atoms. The molecule has 0 spiro atoms. The fraction of sp³-hybridized carbons (Fsp3) is 0.174. The van der Waals surface area contributed by atoms with Crippen molar-refractivity contribution in [3.63, 3.8) is 0 Å². The number of benzene rings is 3. The van der Waals surface area contributed by atoms with Gasteiger partial charge in [0.25, 0.3) is 5.91 Å². The molecule has 6 heteroatoms. The molecule has 4 rings (SSSR count). The second kappa shape index (κ2) is 7.75. The summed E-state index contributed by atoms with van der Waals surface area (Å²) >= 11 is 0. The molecule has 6 nitrogen and oxygen atoms in total. The van der Waals surface area contributed by atoms with Crippen LogP contribution >= 0.6 is 0 Å². The van der Waals surface area contributed by atoms with Crippen LogP contribution in [0.25, 0.3) is 10.8 Å². The average molecular weight is 387 g/mol. The van der Waals surface area contributed by atoms with Crippen LogP contribution in [0, 0.1) is 0 Å². The smallest absolute Gasteiger partial charge is 0.311 e. The van der Waals surface area contributed by atoms with Gasteiger partial charge < -0.3 is 4.90 Å². The van der Waals surface area contributed by atoms with Gasteiger partial charge in [-0.2, -0.15) is 0 Å². The average Bonchev–Trinajstić information content (AvgIpc) is 3.03. The summed E-state index contributed by atoms with van der Waals surface area (Å²) in [5, 5.41) is 1.98. The molecule has 0 atom stereocenters. The number of carbonyl (C=O) groups excluding carboxylic acids is 3. The number of hydrogen-bond donors (Lipinski definition) is 0. The van der Waals surface area contributed by atoms with Gasteiger partial charge in [-0.3, -0.25) is 19.4 Å². The monoisotopic (exact) mass is 387 g/mol. The van der Waals surface area contributed by atoms with Crippen LogP contribution in [0.3, 0.4) is 0 Å². The first-order valence-corrected chi connectivity index (χ1v) is 9.55. The van der Waals surface area contributed by atoms with E-state index in [-0.39, 0.29) is 24.9 Å². The molecule has 0 radical (unpaired) electrons. The molecule has 146 valence electrons. The fourth-order valence-electron chi connectivity index (χ4n) is 3.65. The zero-order valence-corrected chi connectivity index (χ0v) is 16.1. The Hall–Kier alpha value is -3.67. The van der Waals surface area contributed by atoms with Gasteiger partial charge in [0.05, 0.1) is 5.69 Å². The molecule has 1 saturated heterocycles. The molecule has 0 saturated carbocycles. The minimum atomic E-state index is -0.469. The van der Waals surface area contributed by atoms with Crippen molar-refractivity contribution in [2.45, 2.75) is 6.92 Å². The van der Waals surface area contributed by atoms with Crippen LogP contribution in [0.5, 0.6) is 0 Å². The number of urea groups is 1. The van der Waals surface area contributed by atoms with E-state index in [9.17, 15) is 14.4 Å². The van der Waals surface area contributed by atoms with Crippen LogP contribution in [0.15, 0.2) is 72.8 Å². The van der Waals surface area contributed by atoms with Gasteiger partial charge in [0.2, 0.25) is 5.91 Å². The predicted octanol–water partition coefficient (Wildman–Crippen LogP) is 3.66. The molecule has 3 aromatic carbocycles. The Bertz CT molecular complexity index is 1080.